The van der Waals surface area contributed by atoms with Gasteiger partial charge in [0.15, 0.2) is 0 Å². The average molecular weight is 279 g/mol. The van der Waals surface area contributed by atoms with Gasteiger partial charge in [0.05, 0.1) is 10.9 Å². The minimum Gasteiger partial charge on any atom is -0.481 e. The number of halogens is 2. The average Bonchev–Trinajstić information content (AvgIpc) is 2.40. The molecule has 98 valence electrons. The number of rotatable bonds is 4. The van der Waals surface area contributed by atoms with Gasteiger partial charge in [-0.25, -0.2) is 4.39 Å². The molecule has 2 aromatic rings. The molecule has 0 heterocycles. The Morgan fingerprint density at radius 2 is 1.89 bits per heavy atom. The predicted molar refractivity (Wildman–Crippen MR) is 71.9 cm³/mol. The molecular weight excluding hydrogens is 267 g/mol. The smallest absolute Gasteiger partial charge is 0.311 e. The molecule has 0 spiro atoms. The van der Waals surface area contributed by atoms with Crippen molar-refractivity contribution >= 4 is 17.6 Å². The fourth-order valence-electron chi connectivity index (χ4n) is 1.94. The van der Waals surface area contributed by atoms with Crippen molar-refractivity contribution in [3.05, 3.63) is 70.5 Å². The van der Waals surface area contributed by atoms with Crippen LogP contribution < -0.4 is 0 Å². The van der Waals surface area contributed by atoms with Gasteiger partial charge in [-0.05, 0) is 29.7 Å². The Bertz CT molecular complexity index is 584. The number of aliphatic carboxylic acids is 1. The molecule has 1 N–H and O–H groups in total. The Hall–Kier alpha value is -1.87. The monoisotopic (exact) mass is 278 g/mol. The molecule has 1 unspecified atom stereocenters. The van der Waals surface area contributed by atoms with Crippen LogP contribution in [0.3, 0.4) is 0 Å². The van der Waals surface area contributed by atoms with Crippen molar-refractivity contribution in [2.45, 2.75) is 12.3 Å². The second kappa shape index (κ2) is 5.85. The molecule has 19 heavy (non-hydrogen) atoms. The van der Waals surface area contributed by atoms with E-state index >= 15 is 0 Å². The van der Waals surface area contributed by atoms with Crippen LogP contribution in [0.5, 0.6) is 0 Å². The van der Waals surface area contributed by atoms with E-state index in [0.29, 0.717) is 11.1 Å². The second-order valence-corrected chi connectivity index (χ2v) is 4.66. The number of benzene rings is 2. The molecule has 0 aromatic heterocycles. The van der Waals surface area contributed by atoms with E-state index in [0.717, 1.165) is 0 Å². The van der Waals surface area contributed by atoms with Crippen LogP contribution in [0.25, 0.3) is 0 Å². The first-order valence-electron chi connectivity index (χ1n) is 5.79. The summed E-state index contributed by atoms with van der Waals surface area (Å²) in [6.07, 6.45) is 0.230. The van der Waals surface area contributed by atoms with Crippen molar-refractivity contribution < 1.29 is 14.3 Å². The fraction of sp³-hybridized carbons (Fsp3) is 0.133. The third-order valence-electron chi connectivity index (χ3n) is 2.92. The lowest BCUT2D eigenvalue weighted by atomic mass is 9.92. The van der Waals surface area contributed by atoms with E-state index in [1.807, 2.05) is 6.07 Å². The molecule has 0 aliphatic heterocycles. The summed E-state index contributed by atoms with van der Waals surface area (Å²) in [5, 5.41) is 9.33. The zero-order chi connectivity index (χ0) is 13.8. The SMILES string of the molecule is O=C(O)C(Cc1ccc(Cl)c(F)c1)c1ccccc1. The highest BCUT2D eigenvalue weighted by atomic mass is 35.5. The number of carboxylic acids is 1. The molecule has 0 aliphatic carbocycles. The molecule has 0 radical (unpaired) electrons. The Morgan fingerprint density at radius 3 is 2.47 bits per heavy atom. The van der Waals surface area contributed by atoms with Crippen molar-refractivity contribution in [2.75, 3.05) is 0 Å². The van der Waals surface area contributed by atoms with Gasteiger partial charge in [0.1, 0.15) is 5.82 Å². The lowest BCUT2D eigenvalue weighted by molar-refractivity contribution is -0.138. The maximum absolute atomic E-state index is 13.4. The third kappa shape index (κ3) is 3.32. The molecule has 0 saturated carbocycles. The molecule has 0 bridgehead atoms. The standard InChI is InChI=1S/C15H12ClFO2/c16-13-7-6-10(9-14(13)17)8-12(15(18)19)11-4-2-1-3-5-11/h1-7,9,12H,8H2,(H,18,19). The Labute approximate surface area is 115 Å². The van der Waals surface area contributed by atoms with Crippen molar-refractivity contribution in [1.82, 2.24) is 0 Å². The van der Waals surface area contributed by atoms with Gasteiger partial charge in [-0.2, -0.15) is 0 Å². The van der Waals surface area contributed by atoms with Crippen molar-refractivity contribution in [3.8, 4) is 0 Å². The van der Waals surface area contributed by atoms with E-state index in [1.165, 1.54) is 12.1 Å². The normalized spacial score (nSPS) is 12.1. The summed E-state index contributed by atoms with van der Waals surface area (Å²) in [4.78, 5) is 11.3. The van der Waals surface area contributed by atoms with Crippen molar-refractivity contribution in [2.24, 2.45) is 0 Å². The summed E-state index contributed by atoms with van der Waals surface area (Å²) in [7, 11) is 0. The summed E-state index contributed by atoms with van der Waals surface area (Å²) in [5.74, 6) is -2.15. The van der Waals surface area contributed by atoms with Crippen LogP contribution in [0, 0.1) is 5.82 Å². The lowest BCUT2D eigenvalue weighted by Gasteiger charge is -2.13. The maximum atomic E-state index is 13.4. The van der Waals surface area contributed by atoms with Gasteiger partial charge in [-0.1, -0.05) is 48.0 Å². The lowest BCUT2D eigenvalue weighted by Crippen LogP contribution is -2.14. The zero-order valence-corrected chi connectivity index (χ0v) is 10.8. The molecule has 0 fully saturated rings. The van der Waals surface area contributed by atoms with E-state index in [9.17, 15) is 14.3 Å². The van der Waals surface area contributed by atoms with Crippen LogP contribution in [0.15, 0.2) is 48.5 Å². The molecule has 0 amide bonds. The number of carbonyl (C=O) groups is 1. The third-order valence-corrected chi connectivity index (χ3v) is 3.23. The largest absolute Gasteiger partial charge is 0.481 e. The fourth-order valence-corrected chi connectivity index (χ4v) is 2.05. The summed E-state index contributed by atoms with van der Waals surface area (Å²) in [5.41, 5.74) is 1.31. The van der Waals surface area contributed by atoms with Crippen LogP contribution in [-0.4, -0.2) is 11.1 Å². The first-order valence-corrected chi connectivity index (χ1v) is 6.17. The molecule has 0 saturated heterocycles. The first-order chi connectivity index (χ1) is 9.08. The van der Waals surface area contributed by atoms with E-state index in [1.54, 1.807) is 30.3 Å². The van der Waals surface area contributed by atoms with Crippen LogP contribution in [-0.2, 0) is 11.2 Å². The van der Waals surface area contributed by atoms with E-state index in [2.05, 4.69) is 0 Å². The summed E-state index contributed by atoms with van der Waals surface area (Å²) >= 11 is 5.61. The van der Waals surface area contributed by atoms with Gasteiger partial charge in [0.25, 0.3) is 0 Å². The van der Waals surface area contributed by atoms with Gasteiger partial charge in [-0.3, -0.25) is 4.79 Å². The maximum Gasteiger partial charge on any atom is 0.311 e. The zero-order valence-electron chi connectivity index (χ0n) is 10.0. The highest BCUT2D eigenvalue weighted by molar-refractivity contribution is 6.30. The molecule has 2 aromatic carbocycles. The van der Waals surface area contributed by atoms with Crippen LogP contribution >= 0.6 is 11.6 Å². The van der Waals surface area contributed by atoms with Gasteiger partial charge in [-0.15, -0.1) is 0 Å². The minimum atomic E-state index is -0.929. The van der Waals surface area contributed by atoms with Crippen molar-refractivity contribution in [3.63, 3.8) is 0 Å². The summed E-state index contributed by atoms with van der Waals surface area (Å²) in [6.45, 7) is 0. The quantitative estimate of drug-likeness (QED) is 0.921. The van der Waals surface area contributed by atoms with Gasteiger partial charge < -0.3 is 5.11 Å². The topological polar surface area (TPSA) is 37.3 Å². The Balaban J connectivity index is 2.27. The molecule has 4 heteroatoms. The molecule has 2 rings (SSSR count). The van der Waals surface area contributed by atoms with Gasteiger partial charge >= 0.3 is 5.97 Å². The highest BCUT2D eigenvalue weighted by Crippen LogP contribution is 2.23. The first kappa shape index (κ1) is 13.6. The molecule has 2 nitrogen and oxygen atoms in total. The van der Waals surface area contributed by atoms with E-state index in [4.69, 9.17) is 11.6 Å². The van der Waals surface area contributed by atoms with Gasteiger partial charge in [0.2, 0.25) is 0 Å². The number of carboxylic acid groups (broad SMARTS) is 1. The van der Waals surface area contributed by atoms with Crippen LogP contribution in [0.1, 0.15) is 17.0 Å². The number of hydrogen-bond acceptors (Lipinski definition) is 1. The Kier molecular flexibility index (Phi) is 4.17. The summed E-state index contributed by atoms with van der Waals surface area (Å²) < 4.78 is 13.4. The van der Waals surface area contributed by atoms with Crippen LogP contribution in [0.4, 0.5) is 4.39 Å². The van der Waals surface area contributed by atoms with E-state index < -0.39 is 17.7 Å². The number of hydrogen-bond donors (Lipinski definition) is 1. The Morgan fingerprint density at radius 1 is 1.21 bits per heavy atom. The highest BCUT2D eigenvalue weighted by Gasteiger charge is 2.20. The van der Waals surface area contributed by atoms with Gasteiger partial charge in [0, 0.05) is 0 Å². The van der Waals surface area contributed by atoms with E-state index in [-0.39, 0.29) is 11.4 Å². The van der Waals surface area contributed by atoms with Crippen molar-refractivity contribution in [1.29, 1.82) is 0 Å². The molecular formula is C15H12ClFO2. The predicted octanol–water partition coefficient (Wildman–Crippen LogP) is 3.89. The molecule has 1 atom stereocenters. The minimum absolute atomic E-state index is 0.0373. The second-order valence-electron chi connectivity index (χ2n) is 4.25. The van der Waals surface area contributed by atoms with Crippen LogP contribution in [0.2, 0.25) is 5.02 Å². The summed E-state index contributed by atoms with van der Waals surface area (Å²) in [6, 6.07) is 13.3. The molecule has 0 aliphatic rings.